The van der Waals surface area contributed by atoms with Gasteiger partial charge in [0.15, 0.2) is 0 Å². The van der Waals surface area contributed by atoms with Gasteiger partial charge in [0, 0.05) is 5.92 Å². The monoisotopic (exact) mass is 238 g/mol. The molecule has 1 rings (SSSR count). The average molecular weight is 238 g/mol. The molecule has 17 heavy (non-hydrogen) atoms. The number of hydrogen-bond donors (Lipinski definition) is 2. The quantitative estimate of drug-likeness (QED) is 0.797. The molecule has 0 aliphatic carbocycles. The highest BCUT2D eigenvalue weighted by Gasteiger charge is 2.17. The molecule has 0 saturated carbocycles. The lowest BCUT2D eigenvalue weighted by Crippen LogP contribution is -2.31. The molecule has 0 aliphatic heterocycles. The third kappa shape index (κ3) is 4.23. The Morgan fingerprint density at radius 2 is 2.18 bits per heavy atom. The molecule has 0 aliphatic rings. The van der Waals surface area contributed by atoms with Gasteiger partial charge in [-0.1, -0.05) is 6.92 Å². The van der Waals surface area contributed by atoms with E-state index in [1.165, 1.54) is 0 Å². The maximum atomic E-state index is 11.8. The Bertz CT molecular complexity index is 360. The van der Waals surface area contributed by atoms with Gasteiger partial charge in [-0.2, -0.15) is 0 Å². The van der Waals surface area contributed by atoms with Gasteiger partial charge >= 0.3 is 0 Å². The summed E-state index contributed by atoms with van der Waals surface area (Å²) in [6, 6.07) is 3.71. The third-order valence-electron chi connectivity index (χ3n) is 2.84. The number of carbonyl (C=O) groups is 1. The van der Waals surface area contributed by atoms with Crippen molar-refractivity contribution >= 4 is 5.91 Å². The predicted octanol–water partition coefficient (Wildman–Crippen LogP) is 2.14. The molecule has 0 aromatic carbocycles. The van der Waals surface area contributed by atoms with Crippen LogP contribution in [-0.2, 0) is 4.79 Å². The Morgan fingerprint density at radius 3 is 2.71 bits per heavy atom. The van der Waals surface area contributed by atoms with E-state index >= 15 is 0 Å². The Labute approximate surface area is 103 Å². The highest BCUT2D eigenvalue weighted by Crippen LogP contribution is 2.16. The summed E-state index contributed by atoms with van der Waals surface area (Å²) in [6.07, 6.45) is 1.70. The van der Waals surface area contributed by atoms with Gasteiger partial charge in [0.05, 0.1) is 6.04 Å². The summed E-state index contributed by atoms with van der Waals surface area (Å²) in [5, 5.41) is 2.94. The van der Waals surface area contributed by atoms with Crippen LogP contribution < -0.4 is 11.1 Å². The van der Waals surface area contributed by atoms with Crippen LogP contribution in [0.2, 0.25) is 0 Å². The van der Waals surface area contributed by atoms with E-state index < -0.39 is 0 Å². The molecule has 0 bridgehead atoms. The average Bonchev–Trinajstić information content (AvgIpc) is 2.72. The van der Waals surface area contributed by atoms with Crippen LogP contribution in [0.25, 0.3) is 0 Å². The SMILES string of the molecule is Cc1ccc(C(C)NC(=O)C(C)CCCN)o1. The van der Waals surface area contributed by atoms with Crippen molar-refractivity contribution < 1.29 is 9.21 Å². The summed E-state index contributed by atoms with van der Waals surface area (Å²) in [6.45, 7) is 6.36. The van der Waals surface area contributed by atoms with Crippen molar-refractivity contribution in [3.05, 3.63) is 23.7 Å². The van der Waals surface area contributed by atoms with E-state index in [2.05, 4.69) is 5.32 Å². The van der Waals surface area contributed by atoms with E-state index in [0.29, 0.717) is 6.54 Å². The fourth-order valence-electron chi connectivity index (χ4n) is 1.67. The number of rotatable bonds is 6. The Hall–Kier alpha value is -1.29. The van der Waals surface area contributed by atoms with Crippen molar-refractivity contribution in [3.63, 3.8) is 0 Å². The fraction of sp³-hybridized carbons (Fsp3) is 0.615. The van der Waals surface area contributed by atoms with Gasteiger partial charge < -0.3 is 15.5 Å². The molecule has 1 aromatic rings. The molecule has 1 heterocycles. The van der Waals surface area contributed by atoms with Crippen molar-refractivity contribution in [2.75, 3.05) is 6.54 Å². The summed E-state index contributed by atoms with van der Waals surface area (Å²) < 4.78 is 5.47. The van der Waals surface area contributed by atoms with Gasteiger partial charge in [-0.15, -0.1) is 0 Å². The normalized spacial score (nSPS) is 14.4. The minimum Gasteiger partial charge on any atom is -0.464 e. The van der Waals surface area contributed by atoms with E-state index in [1.54, 1.807) is 0 Å². The van der Waals surface area contributed by atoms with Gasteiger partial charge in [0.25, 0.3) is 0 Å². The number of hydrogen-bond acceptors (Lipinski definition) is 3. The second kappa shape index (κ2) is 6.45. The van der Waals surface area contributed by atoms with Crippen LogP contribution in [0.4, 0.5) is 0 Å². The number of aryl methyl sites for hydroxylation is 1. The van der Waals surface area contributed by atoms with Gasteiger partial charge in [-0.25, -0.2) is 0 Å². The lowest BCUT2D eigenvalue weighted by molar-refractivity contribution is -0.125. The first kappa shape index (κ1) is 13.8. The molecule has 2 atom stereocenters. The highest BCUT2D eigenvalue weighted by molar-refractivity contribution is 5.78. The smallest absolute Gasteiger partial charge is 0.223 e. The highest BCUT2D eigenvalue weighted by atomic mass is 16.3. The number of nitrogens with one attached hydrogen (secondary N) is 1. The van der Waals surface area contributed by atoms with Crippen LogP contribution in [-0.4, -0.2) is 12.5 Å². The van der Waals surface area contributed by atoms with Crippen molar-refractivity contribution in [2.45, 2.75) is 39.7 Å². The zero-order chi connectivity index (χ0) is 12.8. The molecule has 3 N–H and O–H groups in total. The molecule has 0 fully saturated rings. The van der Waals surface area contributed by atoms with Crippen LogP contribution in [0.1, 0.15) is 44.3 Å². The standard InChI is InChI=1S/C13H22N2O2/c1-9(5-4-8-14)13(16)15-11(3)12-7-6-10(2)17-12/h6-7,9,11H,4-5,8,14H2,1-3H3,(H,15,16). The topological polar surface area (TPSA) is 68.3 Å². The van der Waals surface area contributed by atoms with Crippen LogP contribution in [0.5, 0.6) is 0 Å². The lowest BCUT2D eigenvalue weighted by Gasteiger charge is -2.15. The summed E-state index contributed by atoms with van der Waals surface area (Å²) >= 11 is 0. The zero-order valence-electron chi connectivity index (χ0n) is 10.8. The molecule has 2 unspecified atom stereocenters. The number of nitrogens with two attached hydrogens (primary N) is 1. The second-order valence-electron chi connectivity index (χ2n) is 4.51. The first-order valence-electron chi connectivity index (χ1n) is 6.11. The van der Waals surface area contributed by atoms with Crippen LogP contribution >= 0.6 is 0 Å². The van der Waals surface area contributed by atoms with E-state index in [1.807, 2.05) is 32.9 Å². The number of carbonyl (C=O) groups excluding carboxylic acids is 1. The Balaban J connectivity index is 2.45. The molecular weight excluding hydrogens is 216 g/mol. The second-order valence-corrected chi connectivity index (χ2v) is 4.51. The fourth-order valence-corrected chi connectivity index (χ4v) is 1.67. The van der Waals surface area contributed by atoms with Gasteiger partial charge in [-0.3, -0.25) is 4.79 Å². The Kier molecular flexibility index (Phi) is 5.22. The largest absolute Gasteiger partial charge is 0.464 e. The predicted molar refractivity (Wildman–Crippen MR) is 67.5 cm³/mol. The zero-order valence-corrected chi connectivity index (χ0v) is 10.8. The summed E-state index contributed by atoms with van der Waals surface area (Å²) in [4.78, 5) is 11.8. The molecule has 1 amide bonds. The molecule has 4 heteroatoms. The molecular formula is C13H22N2O2. The minimum absolute atomic E-state index is 0.00272. The first-order valence-corrected chi connectivity index (χ1v) is 6.11. The number of amides is 1. The van der Waals surface area contributed by atoms with Crippen molar-refractivity contribution in [1.82, 2.24) is 5.32 Å². The maximum absolute atomic E-state index is 11.8. The van der Waals surface area contributed by atoms with E-state index in [0.717, 1.165) is 24.4 Å². The molecule has 0 radical (unpaired) electrons. The molecule has 1 aromatic heterocycles. The van der Waals surface area contributed by atoms with Gasteiger partial charge in [0.2, 0.25) is 5.91 Å². The van der Waals surface area contributed by atoms with Crippen LogP contribution in [0.15, 0.2) is 16.5 Å². The van der Waals surface area contributed by atoms with Crippen molar-refractivity contribution in [3.8, 4) is 0 Å². The minimum atomic E-state index is -0.0865. The van der Waals surface area contributed by atoms with Crippen LogP contribution in [0.3, 0.4) is 0 Å². The summed E-state index contributed by atoms with van der Waals surface area (Å²) in [5.41, 5.74) is 5.43. The number of furan rings is 1. The maximum Gasteiger partial charge on any atom is 0.223 e. The lowest BCUT2D eigenvalue weighted by atomic mass is 10.0. The van der Waals surface area contributed by atoms with Gasteiger partial charge in [0.1, 0.15) is 11.5 Å². The van der Waals surface area contributed by atoms with Crippen molar-refractivity contribution in [2.24, 2.45) is 11.7 Å². The third-order valence-corrected chi connectivity index (χ3v) is 2.84. The van der Waals surface area contributed by atoms with Crippen LogP contribution in [0, 0.1) is 12.8 Å². The van der Waals surface area contributed by atoms with E-state index in [-0.39, 0.29) is 17.9 Å². The molecule has 0 spiro atoms. The van der Waals surface area contributed by atoms with Crippen molar-refractivity contribution in [1.29, 1.82) is 0 Å². The van der Waals surface area contributed by atoms with E-state index in [9.17, 15) is 4.79 Å². The Morgan fingerprint density at radius 1 is 1.47 bits per heavy atom. The van der Waals surface area contributed by atoms with Gasteiger partial charge in [-0.05, 0) is 45.4 Å². The molecule has 0 saturated heterocycles. The summed E-state index contributed by atoms with van der Waals surface area (Å²) in [7, 11) is 0. The molecule has 96 valence electrons. The first-order chi connectivity index (χ1) is 8.04. The van der Waals surface area contributed by atoms with E-state index in [4.69, 9.17) is 10.2 Å². The summed E-state index contributed by atoms with van der Waals surface area (Å²) in [5.74, 6) is 1.70. The molecule has 4 nitrogen and oxygen atoms in total.